The van der Waals surface area contributed by atoms with Crippen molar-refractivity contribution in [2.75, 3.05) is 27.2 Å². The highest BCUT2D eigenvalue weighted by atomic mass is 16.5. The molecule has 0 heterocycles. The number of benzene rings is 2. The van der Waals surface area contributed by atoms with Crippen LogP contribution in [0.2, 0.25) is 0 Å². The van der Waals surface area contributed by atoms with Crippen molar-refractivity contribution in [3.63, 3.8) is 0 Å². The highest BCUT2D eigenvalue weighted by Crippen LogP contribution is 2.11. The van der Waals surface area contributed by atoms with Crippen LogP contribution >= 0.6 is 0 Å². The van der Waals surface area contributed by atoms with Gasteiger partial charge in [-0.05, 0) is 43.2 Å². The molecule has 5 heteroatoms. The molecule has 134 valence electrons. The molecule has 25 heavy (non-hydrogen) atoms. The number of para-hydroxylation sites is 1. The minimum Gasteiger partial charge on any atom is -0.497 e. The first kappa shape index (κ1) is 18.6. The highest BCUT2D eigenvalue weighted by molar-refractivity contribution is 5.79. The van der Waals surface area contributed by atoms with E-state index in [4.69, 9.17) is 9.47 Å². The molecule has 0 aliphatic heterocycles. The van der Waals surface area contributed by atoms with Crippen molar-refractivity contribution >= 4 is 5.96 Å². The van der Waals surface area contributed by atoms with Crippen LogP contribution in [0.3, 0.4) is 0 Å². The lowest BCUT2D eigenvalue weighted by Gasteiger charge is -2.17. The van der Waals surface area contributed by atoms with Gasteiger partial charge in [0.25, 0.3) is 0 Å². The van der Waals surface area contributed by atoms with E-state index in [1.165, 1.54) is 5.56 Å². The topological polar surface area (TPSA) is 54.9 Å². The monoisotopic (exact) mass is 341 g/mol. The van der Waals surface area contributed by atoms with Crippen molar-refractivity contribution in [3.05, 3.63) is 60.2 Å². The fourth-order valence-electron chi connectivity index (χ4n) is 2.35. The quantitative estimate of drug-likeness (QED) is 0.573. The molecule has 1 atom stereocenters. The Hall–Kier alpha value is -2.69. The minimum atomic E-state index is 0.0440. The van der Waals surface area contributed by atoms with E-state index >= 15 is 0 Å². The van der Waals surface area contributed by atoms with E-state index in [1.807, 2.05) is 49.4 Å². The van der Waals surface area contributed by atoms with Gasteiger partial charge in [-0.3, -0.25) is 4.99 Å². The van der Waals surface area contributed by atoms with E-state index in [2.05, 4.69) is 27.8 Å². The van der Waals surface area contributed by atoms with Gasteiger partial charge in [-0.1, -0.05) is 30.3 Å². The Morgan fingerprint density at radius 1 is 1.00 bits per heavy atom. The average Bonchev–Trinajstić information content (AvgIpc) is 2.66. The Morgan fingerprint density at radius 3 is 2.36 bits per heavy atom. The third kappa shape index (κ3) is 6.75. The Morgan fingerprint density at radius 2 is 1.72 bits per heavy atom. The molecule has 0 saturated heterocycles. The van der Waals surface area contributed by atoms with Gasteiger partial charge >= 0.3 is 0 Å². The first-order valence-electron chi connectivity index (χ1n) is 8.50. The van der Waals surface area contributed by atoms with Crippen molar-refractivity contribution in [3.8, 4) is 11.5 Å². The van der Waals surface area contributed by atoms with Crippen LogP contribution in [0.1, 0.15) is 12.5 Å². The number of aliphatic imine (C=N–C) groups is 1. The predicted molar refractivity (Wildman–Crippen MR) is 103 cm³/mol. The van der Waals surface area contributed by atoms with E-state index in [-0.39, 0.29) is 6.10 Å². The summed E-state index contributed by atoms with van der Waals surface area (Å²) < 4.78 is 11.0. The molecule has 0 aromatic heterocycles. The molecule has 0 fully saturated rings. The van der Waals surface area contributed by atoms with Gasteiger partial charge < -0.3 is 20.1 Å². The second kappa shape index (κ2) is 10.2. The lowest BCUT2D eigenvalue weighted by atomic mass is 10.1. The molecule has 0 saturated carbocycles. The zero-order chi connectivity index (χ0) is 17.9. The molecule has 2 aromatic carbocycles. The molecule has 0 bridgehead atoms. The number of nitrogens with one attached hydrogen (secondary N) is 2. The molecule has 0 spiro atoms. The Balaban J connectivity index is 1.69. The number of nitrogens with zero attached hydrogens (tertiary/aromatic N) is 1. The van der Waals surface area contributed by atoms with Crippen molar-refractivity contribution < 1.29 is 9.47 Å². The van der Waals surface area contributed by atoms with E-state index in [1.54, 1.807) is 14.2 Å². The second-order valence-corrected chi connectivity index (χ2v) is 5.72. The summed E-state index contributed by atoms with van der Waals surface area (Å²) in [7, 11) is 3.44. The van der Waals surface area contributed by atoms with Gasteiger partial charge in [0.15, 0.2) is 5.96 Å². The summed E-state index contributed by atoms with van der Waals surface area (Å²) >= 11 is 0. The lowest BCUT2D eigenvalue weighted by Crippen LogP contribution is -2.42. The van der Waals surface area contributed by atoms with Crippen molar-refractivity contribution in [1.82, 2.24) is 10.6 Å². The first-order chi connectivity index (χ1) is 12.2. The maximum Gasteiger partial charge on any atom is 0.191 e. The number of methoxy groups -OCH3 is 1. The van der Waals surface area contributed by atoms with E-state index in [9.17, 15) is 0 Å². The molecule has 5 nitrogen and oxygen atoms in total. The zero-order valence-corrected chi connectivity index (χ0v) is 15.2. The Bertz CT molecular complexity index is 642. The molecule has 2 N–H and O–H groups in total. The molecule has 2 rings (SSSR count). The summed E-state index contributed by atoms with van der Waals surface area (Å²) in [5.41, 5.74) is 1.25. The zero-order valence-electron chi connectivity index (χ0n) is 15.2. The first-order valence-corrected chi connectivity index (χ1v) is 8.50. The normalized spacial score (nSPS) is 12.4. The van der Waals surface area contributed by atoms with Gasteiger partial charge in [-0.2, -0.15) is 0 Å². The van der Waals surface area contributed by atoms with Crippen LogP contribution in [0, 0.1) is 0 Å². The van der Waals surface area contributed by atoms with E-state index in [0.717, 1.165) is 30.4 Å². The van der Waals surface area contributed by atoms with Crippen LogP contribution in [0.5, 0.6) is 11.5 Å². The third-order valence-corrected chi connectivity index (χ3v) is 3.73. The lowest BCUT2D eigenvalue weighted by molar-refractivity contribution is 0.224. The van der Waals surface area contributed by atoms with Crippen molar-refractivity contribution in [2.24, 2.45) is 4.99 Å². The standard InChI is InChI=1S/C20H27N3O2/c1-16(25-19-7-5-4-6-8-19)15-23-20(21-2)22-14-13-17-9-11-18(24-3)12-10-17/h4-12,16H,13-15H2,1-3H3,(H2,21,22,23). The summed E-state index contributed by atoms with van der Waals surface area (Å²) in [6.07, 6.45) is 0.961. The van der Waals surface area contributed by atoms with Gasteiger partial charge in [-0.15, -0.1) is 0 Å². The predicted octanol–water partition coefficient (Wildman–Crippen LogP) is 2.87. The van der Waals surface area contributed by atoms with Crippen molar-refractivity contribution in [2.45, 2.75) is 19.4 Å². The third-order valence-electron chi connectivity index (χ3n) is 3.73. The maximum absolute atomic E-state index is 5.85. The van der Waals surface area contributed by atoms with Crippen LogP contribution in [-0.4, -0.2) is 39.3 Å². The summed E-state index contributed by atoms with van der Waals surface area (Å²) in [4.78, 5) is 4.24. The summed E-state index contributed by atoms with van der Waals surface area (Å²) in [5, 5.41) is 6.61. The Labute approximate surface area is 150 Å². The van der Waals surface area contributed by atoms with Gasteiger partial charge in [0, 0.05) is 13.6 Å². The fourth-order valence-corrected chi connectivity index (χ4v) is 2.35. The number of ether oxygens (including phenoxy) is 2. The summed E-state index contributed by atoms with van der Waals surface area (Å²) in [6.45, 7) is 3.52. The van der Waals surface area contributed by atoms with Crippen molar-refractivity contribution in [1.29, 1.82) is 0 Å². The number of rotatable bonds is 8. The molecular weight excluding hydrogens is 314 g/mol. The number of hydrogen-bond acceptors (Lipinski definition) is 3. The van der Waals surface area contributed by atoms with Gasteiger partial charge in [0.2, 0.25) is 0 Å². The molecule has 1 unspecified atom stereocenters. The van der Waals surface area contributed by atoms with Crippen LogP contribution in [-0.2, 0) is 6.42 Å². The SMILES string of the molecule is CN=C(NCCc1ccc(OC)cc1)NCC(C)Oc1ccccc1. The van der Waals surface area contributed by atoms with Gasteiger partial charge in [0.05, 0.1) is 13.7 Å². The maximum atomic E-state index is 5.85. The molecule has 0 aliphatic carbocycles. The molecular formula is C20H27N3O2. The number of guanidine groups is 1. The second-order valence-electron chi connectivity index (χ2n) is 5.72. The van der Waals surface area contributed by atoms with Crippen LogP contribution in [0.15, 0.2) is 59.6 Å². The van der Waals surface area contributed by atoms with Crippen LogP contribution < -0.4 is 20.1 Å². The smallest absolute Gasteiger partial charge is 0.191 e. The highest BCUT2D eigenvalue weighted by Gasteiger charge is 2.05. The Kier molecular flexibility index (Phi) is 7.63. The fraction of sp³-hybridized carbons (Fsp3) is 0.350. The minimum absolute atomic E-state index is 0.0440. The van der Waals surface area contributed by atoms with Gasteiger partial charge in [0.1, 0.15) is 17.6 Å². The number of hydrogen-bond donors (Lipinski definition) is 2. The molecule has 0 amide bonds. The van der Waals surface area contributed by atoms with Crippen LogP contribution in [0.25, 0.3) is 0 Å². The average molecular weight is 341 g/mol. The summed E-state index contributed by atoms with van der Waals surface area (Å²) in [5.74, 6) is 2.53. The molecule has 0 aliphatic rings. The van der Waals surface area contributed by atoms with E-state index in [0.29, 0.717) is 6.54 Å². The van der Waals surface area contributed by atoms with Crippen LogP contribution in [0.4, 0.5) is 0 Å². The molecule has 0 radical (unpaired) electrons. The van der Waals surface area contributed by atoms with E-state index < -0.39 is 0 Å². The summed E-state index contributed by atoms with van der Waals surface area (Å²) in [6, 6.07) is 17.9. The molecule has 2 aromatic rings. The largest absolute Gasteiger partial charge is 0.497 e. The van der Waals surface area contributed by atoms with Gasteiger partial charge in [-0.25, -0.2) is 0 Å².